The molecule has 2 aromatic rings. The Bertz CT molecular complexity index is 718. The molecule has 0 aliphatic heterocycles. The predicted molar refractivity (Wildman–Crippen MR) is 75.0 cm³/mol. The molecule has 3 nitrogen and oxygen atoms in total. The maximum atomic E-state index is 12.5. The average molecular weight is 304 g/mol. The van der Waals surface area contributed by atoms with Gasteiger partial charge in [0, 0.05) is 0 Å². The van der Waals surface area contributed by atoms with Crippen molar-refractivity contribution in [2.75, 3.05) is 0 Å². The lowest BCUT2D eigenvalue weighted by molar-refractivity contribution is -0.137. The standard InChI is InChI=1S/C16H11F3N2O/c17-16(18,19)15-6-2-4-13(8-15)10-21-22-11-14-5-1-3-12(7-14)9-20/h1-8,10H,11H2. The molecular weight excluding hydrogens is 293 g/mol. The van der Waals surface area contributed by atoms with Gasteiger partial charge in [0.15, 0.2) is 0 Å². The minimum Gasteiger partial charge on any atom is -0.391 e. The fraction of sp³-hybridized carbons (Fsp3) is 0.125. The maximum absolute atomic E-state index is 12.5. The Labute approximate surface area is 125 Å². The van der Waals surface area contributed by atoms with E-state index >= 15 is 0 Å². The van der Waals surface area contributed by atoms with Crippen molar-refractivity contribution in [3.8, 4) is 6.07 Å². The molecular formula is C16H11F3N2O. The molecule has 0 saturated carbocycles. The van der Waals surface area contributed by atoms with E-state index in [-0.39, 0.29) is 6.61 Å². The molecule has 6 heteroatoms. The van der Waals surface area contributed by atoms with Gasteiger partial charge in [-0.15, -0.1) is 0 Å². The molecule has 0 aromatic heterocycles. The number of hydrogen-bond acceptors (Lipinski definition) is 3. The number of halogens is 3. The summed E-state index contributed by atoms with van der Waals surface area (Å²) in [6.07, 6.45) is -3.17. The lowest BCUT2D eigenvalue weighted by Gasteiger charge is -2.06. The van der Waals surface area contributed by atoms with Crippen molar-refractivity contribution in [3.63, 3.8) is 0 Å². The lowest BCUT2D eigenvalue weighted by Crippen LogP contribution is -2.05. The first-order chi connectivity index (χ1) is 10.5. The number of nitriles is 1. The molecule has 0 N–H and O–H groups in total. The number of hydrogen-bond donors (Lipinski definition) is 0. The highest BCUT2D eigenvalue weighted by molar-refractivity contribution is 5.79. The van der Waals surface area contributed by atoms with Gasteiger partial charge in [0.2, 0.25) is 0 Å². The molecule has 0 unspecified atom stereocenters. The molecule has 0 atom stereocenters. The van der Waals surface area contributed by atoms with E-state index in [1.807, 2.05) is 6.07 Å². The zero-order valence-electron chi connectivity index (χ0n) is 11.3. The van der Waals surface area contributed by atoms with E-state index in [2.05, 4.69) is 5.16 Å². The molecule has 0 spiro atoms. The predicted octanol–water partition coefficient (Wildman–Crippen LogP) is 4.13. The Balaban J connectivity index is 1.97. The molecule has 2 rings (SSSR count). The van der Waals surface area contributed by atoms with Gasteiger partial charge in [-0.3, -0.25) is 0 Å². The average Bonchev–Trinajstić information content (AvgIpc) is 2.51. The minimum atomic E-state index is -4.39. The van der Waals surface area contributed by atoms with E-state index in [1.54, 1.807) is 24.3 Å². The smallest absolute Gasteiger partial charge is 0.391 e. The zero-order valence-corrected chi connectivity index (χ0v) is 11.3. The molecule has 0 amide bonds. The SMILES string of the molecule is N#Cc1cccc(CON=Cc2cccc(C(F)(F)F)c2)c1. The Morgan fingerprint density at radius 2 is 1.91 bits per heavy atom. The first kappa shape index (κ1) is 15.6. The minimum absolute atomic E-state index is 0.130. The molecule has 22 heavy (non-hydrogen) atoms. The number of benzene rings is 2. The van der Waals surface area contributed by atoms with Gasteiger partial charge in [-0.25, -0.2) is 0 Å². The van der Waals surface area contributed by atoms with Gasteiger partial charge in [-0.1, -0.05) is 29.4 Å². The Morgan fingerprint density at radius 3 is 2.64 bits per heavy atom. The van der Waals surface area contributed by atoms with Crippen LogP contribution in [0.4, 0.5) is 13.2 Å². The van der Waals surface area contributed by atoms with E-state index in [0.717, 1.165) is 17.7 Å². The van der Waals surface area contributed by atoms with Crippen LogP contribution in [-0.2, 0) is 17.6 Å². The molecule has 0 heterocycles. The van der Waals surface area contributed by atoms with Crippen LogP contribution in [0.15, 0.2) is 53.7 Å². The number of rotatable bonds is 4. The van der Waals surface area contributed by atoms with Crippen molar-refractivity contribution < 1.29 is 18.0 Å². The summed E-state index contributed by atoms with van der Waals surface area (Å²) in [6, 6.07) is 13.6. The second-order valence-corrected chi connectivity index (χ2v) is 4.44. The van der Waals surface area contributed by atoms with Crippen LogP contribution in [0.1, 0.15) is 22.3 Å². The Hall–Kier alpha value is -2.81. The van der Waals surface area contributed by atoms with E-state index in [4.69, 9.17) is 10.1 Å². The first-order valence-electron chi connectivity index (χ1n) is 6.30. The van der Waals surface area contributed by atoms with Crippen LogP contribution in [0, 0.1) is 11.3 Å². The fourth-order valence-electron chi connectivity index (χ4n) is 1.74. The fourth-order valence-corrected chi connectivity index (χ4v) is 1.74. The second kappa shape index (κ2) is 6.76. The number of alkyl halides is 3. The van der Waals surface area contributed by atoms with Gasteiger partial charge in [-0.2, -0.15) is 18.4 Å². The molecule has 0 bridgehead atoms. The van der Waals surface area contributed by atoms with Crippen molar-refractivity contribution in [2.45, 2.75) is 12.8 Å². The summed E-state index contributed by atoms with van der Waals surface area (Å²) in [5, 5.41) is 12.4. The molecule has 112 valence electrons. The summed E-state index contributed by atoms with van der Waals surface area (Å²) >= 11 is 0. The maximum Gasteiger partial charge on any atom is 0.416 e. The van der Waals surface area contributed by atoms with Crippen LogP contribution in [0.25, 0.3) is 0 Å². The monoisotopic (exact) mass is 304 g/mol. The van der Waals surface area contributed by atoms with Crippen LogP contribution in [0.3, 0.4) is 0 Å². The third kappa shape index (κ3) is 4.35. The highest BCUT2D eigenvalue weighted by Crippen LogP contribution is 2.29. The van der Waals surface area contributed by atoms with Crippen LogP contribution in [0.2, 0.25) is 0 Å². The lowest BCUT2D eigenvalue weighted by atomic mass is 10.1. The van der Waals surface area contributed by atoms with Crippen LogP contribution in [0.5, 0.6) is 0 Å². The van der Waals surface area contributed by atoms with E-state index in [1.165, 1.54) is 18.3 Å². The van der Waals surface area contributed by atoms with Crippen molar-refractivity contribution in [2.24, 2.45) is 5.16 Å². The molecule has 2 aromatic carbocycles. The Kier molecular flexibility index (Phi) is 4.79. The van der Waals surface area contributed by atoms with Gasteiger partial charge >= 0.3 is 6.18 Å². The van der Waals surface area contributed by atoms with Gasteiger partial charge in [0.25, 0.3) is 0 Å². The highest BCUT2D eigenvalue weighted by Gasteiger charge is 2.30. The molecule has 0 radical (unpaired) electrons. The first-order valence-corrected chi connectivity index (χ1v) is 6.30. The summed E-state index contributed by atoms with van der Waals surface area (Å²) in [5.41, 5.74) is 0.807. The third-order valence-electron chi connectivity index (χ3n) is 2.78. The normalized spacial score (nSPS) is 11.4. The van der Waals surface area contributed by atoms with Gasteiger partial charge < -0.3 is 4.84 Å². The van der Waals surface area contributed by atoms with Gasteiger partial charge in [-0.05, 0) is 35.4 Å². The van der Waals surface area contributed by atoms with Crippen molar-refractivity contribution >= 4 is 6.21 Å². The van der Waals surface area contributed by atoms with Crippen LogP contribution < -0.4 is 0 Å². The van der Waals surface area contributed by atoms with E-state index < -0.39 is 11.7 Å². The van der Waals surface area contributed by atoms with Crippen molar-refractivity contribution in [1.29, 1.82) is 5.26 Å². The van der Waals surface area contributed by atoms with Crippen LogP contribution >= 0.6 is 0 Å². The van der Waals surface area contributed by atoms with Gasteiger partial charge in [0.05, 0.1) is 23.4 Å². The second-order valence-electron chi connectivity index (χ2n) is 4.44. The number of oxime groups is 1. The zero-order chi connectivity index (χ0) is 16.0. The van der Waals surface area contributed by atoms with Crippen molar-refractivity contribution in [1.82, 2.24) is 0 Å². The molecule has 0 fully saturated rings. The van der Waals surface area contributed by atoms with E-state index in [0.29, 0.717) is 11.1 Å². The summed E-state index contributed by atoms with van der Waals surface area (Å²) < 4.78 is 37.6. The summed E-state index contributed by atoms with van der Waals surface area (Å²) in [4.78, 5) is 5.03. The van der Waals surface area contributed by atoms with Crippen molar-refractivity contribution in [3.05, 3.63) is 70.8 Å². The quantitative estimate of drug-likeness (QED) is 0.630. The molecule has 0 aliphatic carbocycles. The topological polar surface area (TPSA) is 45.4 Å². The summed E-state index contributed by atoms with van der Waals surface area (Å²) in [7, 11) is 0. The Morgan fingerprint density at radius 1 is 1.14 bits per heavy atom. The molecule has 0 aliphatic rings. The van der Waals surface area contributed by atoms with E-state index in [9.17, 15) is 13.2 Å². The largest absolute Gasteiger partial charge is 0.416 e. The number of nitrogens with zero attached hydrogens (tertiary/aromatic N) is 2. The van der Waals surface area contributed by atoms with Crippen LogP contribution in [-0.4, -0.2) is 6.21 Å². The summed E-state index contributed by atoms with van der Waals surface area (Å²) in [6.45, 7) is 0.130. The summed E-state index contributed by atoms with van der Waals surface area (Å²) in [5.74, 6) is 0. The highest BCUT2D eigenvalue weighted by atomic mass is 19.4. The molecule has 0 saturated heterocycles. The van der Waals surface area contributed by atoms with Gasteiger partial charge in [0.1, 0.15) is 6.61 Å². The third-order valence-corrected chi connectivity index (χ3v) is 2.78.